The third-order valence-corrected chi connectivity index (χ3v) is 4.13. The minimum absolute atomic E-state index is 0.169. The van der Waals surface area contributed by atoms with Gasteiger partial charge in [-0.15, -0.1) is 0 Å². The average Bonchev–Trinajstić information content (AvgIpc) is 2.44. The number of thiocarbonyl (C=S) groups is 1. The molecule has 0 aliphatic rings. The number of hydrogen-bond acceptors (Lipinski definition) is 2. The number of halogens is 2. The molecule has 0 aliphatic heterocycles. The molecule has 0 fully saturated rings. The first-order chi connectivity index (χ1) is 9.95. The second-order valence-electron chi connectivity index (χ2n) is 4.38. The molecule has 6 heteroatoms. The zero-order valence-electron chi connectivity index (χ0n) is 11.1. The number of hydrogen-bond donors (Lipinski definition) is 2. The number of anilines is 1. The first-order valence-corrected chi connectivity index (χ1v) is 7.58. The van der Waals surface area contributed by atoms with Gasteiger partial charge in [0.05, 0.1) is 0 Å². The molecule has 0 radical (unpaired) electrons. The van der Waals surface area contributed by atoms with Gasteiger partial charge in [0.1, 0.15) is 5.82 Å². The molecule has 0 aromatic heterocycles. The van der Waals surface area contributed by atoms with Crippen molar-refractivity contribution in [2.24, 2.45) is 0 Å². The molecule has 0 saturated carbocycles. The van der Waals surface area contributed by atoms with Crippen molar-refractivity contribution in [3.63, 3.8) is 0 Å². The molecule has 21 heavy (non-hydrogen) atoms. The van der Waals surface area contributed by atoms with E-state index in [-0.39, 0.29) is 16.8 Å². The van der Waals surface area contributed by atoms with Crippen molar-refractivity contribution in [1.29, 1.82) is 0 Å². The molecule has 1 amide bonds. The van der Waals surface area contributed by atoms with Gasteiger partial charge in [-0.05, 0) is 83.7 Å². The van der Waals surface area contributed by atoms with Gasteiger partial charge < -0.3 is 5.32 Å². The van der Waals surface area contributed by atoms with E-state index in [4.69, 9.17) is 12.2 Å². The molecule has 0 heterocycles. The average molecular weight is 414 g/mol. The van der Waals surface area contributed by atoms with Gasteiger partial charge in [0.25, 0.3) is 5.91 Å². The van der Waals surface area contributed by atoms with Crippen LogP contribution in [0.5, 0.6) is 0 Å². The largest absolute Gasteiger partial charge is 0.332 e. The quantitative estimate of drug-likeness (QED) is 0.579. The van der Waals surface area contributed by atoms with Crippen molar-refractivity contribution < 1.29 is 9.18 Å². The summed E-state index contributed by atoms with van der Waals surface area (Å²) in [5.74, 6) is -0.614. The first kappa shape index (κ1) is 15.8. The van der Waals surface area contributed by atoms with E-state index in [0.717, 1.165) is 9.13 Å². The summed E-state index contributed by atoms with van der Waals surface area (Å²) in [5.41, 5.74) is 2.26. The van der Waals surface area contributed by atoms with E-state index in [1.54, 1.807) is 24.3 Å². The van der Waals surface area contributed by atoms with Gasteiger partial charge in [0, 0.05) is 14.8 Å². The van der Waals surface area contributed by atoms with E-state index >= 15 is 0 Å². The molecule has 2 aromatic carbocycles. The van der Waals surface area contributed by atoms with Crippen molar-refractivity contribution >= 4 is 51.5 Å². The predicted octanol–water partition coefficient (Wildman–Crippen LogP) is 3.87. The fourth-order valence-electron chi connectivity index (χ4n) is 1.60. The topological polar surface area (TPSA) is 41.1 Å². The van der Waals surface area contributed by atoms with Gasteiger partial charge in [-0.2, -0.15) is 0 Å². The van der Waals surface area contributed by atoms with Gasteiger partial charge in [-0.25, -0.2) is 4.39 Å². The van der Waals surface area contributed by atoms with Crippen molar-refractivity contribution in [3.8, 4) is 0 Å². The third-order valence-electron chi connectivity index (χ3n) is 2.76. The lowest BCUT2D eigenvalue weighted by Crippen LogP contribution is -2.34. The van der Waals surface area contributed by atoms with Crippen LogP contribution in [0.1, 0.15) is 15.9 Å². The van der Waals surface area contributed by atoms with Gasteiger partial charge in [-0.1, -0.05) is 6.07 Å². The minimum atomic E-state index is -0.329. The van der Waals surface area contributed by atoms with Crippen molar-refractivity contribution in [3.05, 3.63) is 63.0 Å². The standard InChI is InChI=1S/C15H12FIN2OS/c1-9-2-3-10(8-13(9)17)14(20)19-15(21)18-12-6-4-11(16)5-7-12/h2-8H,1H3,(H2,18,19,20,21). The predicted molar refractivity (Wildman–Crippen MR) is 94.0 cm³/mol. The highest BCUT2D eigenvalue weighted by atomic mass is 127. The van der Waals surface area contributed by atoms with Crippen molar-refractivity contribution in [1.82, 2.24) is 5.32 Å². The lowest BCUT2D eigenvalue weighted by molar-refractivity contribution is 0.0977. The SMILES string of the molecule is Cc1ccc(C(=O)NC(=S)Nc2ccc(F)cc2)cc1I. The van der Waals surface area contributed by atoms with E-state index in [1.807, 2.05) is 13.0 Å². The Balaban J connectivity index is 2.00. The maximum Gasteiger partial charge on any atom is 0.257 e. The maximum atomic E-state index is 12.8. The van der Waals surface area contributed by atoms with Crippen molar-refractivity contribution in [2.45, 2.75) is 6.92 Å². The lowest BCUT2D eigenvalue weighted by atomic mass is 10.1. The highest BCUT2D eigenvalue weighted by Crippen LogP contribution is 2.13. The summed E-state index contributed by atoms with van der Waals surface area (Å²) in [6, 6.07) is 11.1. The maximum absolute atomic E-state index is 12.8. The molecule has 0 atom stereocenters. The molecule has 0 unspecified atom stereocenters. The monoisotopic (exact) mass is 414 g/mol. The fraction of sp³-hybridized carbons (Fsp3) is 0.0667. The number of benzene rings is 2. The van der Waals surface area contributed by atoms with E-state index in [2.05, 4.69) is 33.2 Å². The van der Waals surface area contributed by atoms with Crippen molar-refractivity contribution in [2.75, 3.05) is 5.32 Å². The Hall–Kier alpha value is -1.54. The number of aryl methyl sites for hydroxylation is 1. The third kappa shape index (κ3) is 4.47. The molecule has 2 aromatic rings. The molecule has 0 aliphatic carbocycles. The van der Waals surface area contributed by atoms with Gasteiger partial charge in [0.2, 0.25) is 0 Å². The number of amides is 1. The second kappa shape index (κ2) is 6.95. The Morgan fingerprint density at radius 2 is 1.86 bits per heavy atom. The lowest BCUT2D eigenvalue weighted by Gasteiger charge is -2.10. The van der Waals surface area contributed by atoms with Crippen LogP contribution in [-0.2, 0) is 0 Å². The summed E-state index contributed by atoms with van der Waals surface area (Å²) in [6.07, 6.45) is 0. The zero-order chi connectivity index (χ0) is 15.4. The Morgan fingerprint density at radius 3 is 2.48 bits per heavy atom. The summed E-state index contributed by atoms with van der Waals surface area (Å²) in [5, 5.41) is 5.59. The van der Waals surface area contributed by atoms with Crippen LogP contribution >= 0.6 is 34.8 Å². The molecule has 108 valence electrons. The fourth-order valence-corrected chi connectivity index (χ4v) is 2.33. The van der Waals surface area contributed by atoms with Crippen LogP contribution in [0.15, 0.2) is 42.5 Å². The summed E-state index contributed by atoms with van der Waals surface area (Å²) in [6.45, 7) is 1.98. The van der Waals surface area contributed by atoms with Crippen LogP contribution in [0, 0.1) is 16.3 Å². The molecule has 0 bridgehead atoms. The molecule has 3 nitrogen and oxygen atoms in total. The van der Waals surface area contributed by atoms with Gasteiger partial charge >= 0.3 is 0 Å². The Morgan fingerprint density at radius 1 is 1.19 bits per heavy atom. The highest BCUT2D eigenvalue weighted by Gasteiger charge is 2.09. The molecule has 2 rings (SSSR count). The molecule has 0 saturated heterocycles. The molecule has 2 N–H and O–H groups in total. The van der Waals surface area contributed by atoms with Crippen LogP contribution in [0.3, 0.4) is 0 Å². The Bertz CT molecular complexity index is 689. The number of carbonyl (C=O) groups is 1. The highest BCUT2D eigenvalue weighted by molar-refractivity contribution is 14.1. The minimum Gasteiger partial charge on any atom is -0.332 e. The first-order valence-electron chi connectivity index (χ1n) is 6.10. The van der Waals surface area contributed by atoms with Crippen LogP contribution < -0.4 is 10.6 Å². The second-order valence-corrected chi connectivity index (χ2v) is 5.95. The summed E-state index contributed by atoms with van der Waals surface area (Å²) in [4.78, 5) is 12.1. The summed E-state index contributed by atoms with van der Waals surface area (Å²) >= 11 is 7.24. The van der Waals surface area contributed by atoms with Crippen LogP contribution in [0.2, 0.25) is 0 Å². The van der Waals surface area contributed by atoms with E-state index in [9.17, 15) is 9.18 Å². The van der Waals surface area contributed by atoms with Gasteiger partial charge in [-0.3, -0.25) is 10.1 Å². The number of nitrogens with one attached hydrogen (secondary N) is 2. The Kier molecular flexibility index (Phi) is 5.24. The van der Waals surface area contributed by atoms with Crippen LogP contribution in [0.25, 0.3) is 0 Å². The number of rotatable bonds is 2. The normalized spacial score (nSPS) is 10.0. The Labute approximate surface area is 141 Å². The smallest absolute Gasteiger partial charge is 0.257 e. The molecular formula is C15H12FIN2OS. The van der Waals surface area contributed by atoms with Crippen LogP contribution in [-0.4, -0.2) is 11.0 Å². The zero-order valence-corrected chi connectivity index (χ0v) is 14.1. The van der Waals surface area contributed by atoms with E-state index in [0.29, 0.717) is 11.3 Å². The number of carbonyl (C=O) groups excluding carboxylic acids is 1. The molecule has 0 spiro atoms. The van der Waals surface area contributed by atoms with E-state index < -0.39 is 0 Å². The van der Waals surface area contributed by atoms with Crippen LogP contribution in [0.4, 0.5) is 10.1 Å². The van der Waals surface area contributed by atoms with Gasteiger partial charge in [0.15, 0.2) is 5.11 Å². The van der Waals surface area contributed by atoms with E-state index in [1.165, 1.54) is 12.1 Å². The molecular weight excluding hydrogens is 402 g/mol. The summed E-state index contributed by atoms with van der Waals surface area (Å²) < 4.78 is 13.8. The summed E-state index contributed by atoms with van der Waals surface area (Å²) in [7, 11) is 0.